The molecule has 0 spiro atoms. The highest BCUT2D eigenvalue weighted by atomic mass is 35.5. The van der Waals surface area contributed by atoms with Crippen LogP contribution in [0.1, 0.15) is 58.9 Å². The number of aromatic nitrogens is 5. The van der Waals surface area contributed by atoms with Crippen molar-refractivity contribution < 1.29 is 39.6 Å². The number of nitrogens with zero attached hydrogens (tertiary/aromatic N) is 5. The summed E-state index contributed by atoms with van der Waals surface area (Å²) in [5.41, 5.74) is 4.99. The van der Waals surface area contributed by atoms with Gasteiger partial charge in [0.1, 0.15) is 29.1 Å². The van der Waals surface area contributed by atoms with E-state index in [1.165, 1.54) is 24.0 Å². The first kappa shape index (κ1) is 35.6. The predicted octanol–water partition coefficient (Wildman–Crippen LogP) is 6.38. The first-order valence-electron chi connectivity index (χ1n) is 15.7. The number of hydrogen-bond donors (Lipinski definition) is 3. The van der Waals surface area contributed by atoms with Crippen LogP contribution in [0.15, 0.2) is 42.6 Å². The lowest BCUT2D eigenvalue weighted by molar-refractivity contribution is -0.122. The van der Waals surface area contributed by atoms with E-state index in [0.29, 0.717) is 22.0 Å². The molecule has 7 rings (SSSR count). The van der Waals surface area contributed by atoms with E-state index in [-0.39, 0.29) is 50.5 Å². The van der Waals surface area contributed by atoms with Crippen LogP contribution in [0.4, 0.5) is 37.8 Å². The molecule has 4 N–H and O–H groups in total. The van der Waals surface area contributed by atoms with Gasteiger partial charge in [-0.05, 0) is 48.6 Å². The van der Waals surface area contributed by atoms with Gasteiger partial charge in [0, 0.05) is 48.7 Å². The molecule has 1 unspecified atom stereocenters. The number of nitrogens with two attached hydrogens (primary N) is 1. The second kappa shape index (κ2) is 12.4. The van der Waals surface area contributed by atoms with Crippen LogP contribution in [0.5, 0.6) is 0 Å². The lowest BCUT2D eigenvalue weighted by Crippen LogP contribution is -2.37. The number of halogens is 7. The molecule has 5 aromatic rings. The molecule has 0 radical (unpaired) electrons. The summed E-state index contributed by atoms with van der Waals surface area (Å²) >= 11 is 6.57. The molecule has 2 aromatic carbocycles. The normalized spacial score (nSPS) is 18.7. The maximum Gasteiger partial charge on any atom is 0.293 e. The van der Waals surface area contributed by atoms with Gasteiger partial charge in [-0.25, -0.2) is 30.7 Å². The number of alkyl halides is 4. The minimum Gasteiger partial charge on any atom is -0.387 e. The molecular weight excluding hydrogens is 738 g/mol. The van der Waals surface area contributed by atoms with Gasteiger partial charge < -0.3 is 11.1 Å². The summed E-state index contributed by atoms with van der Waals surface area (Å²) in [6.45, 7) is 0. The van der Waals surface area contributed by atoms with Gasteiger partial charge in [-0.15, -0.1) is 0 Å². The summed E-state index contributed by atoms with van der Waals surface area (Å²) in [5.74, 6) is -10.6. The molecule has 0 aliphatic heterocycles. The number of amides is 1. The largest absolute Gasteiger partial charge is 0.387 e. The Morgan fingerprint density at radius 2 is 1.79 bits per heavy atom. The second-order valence-corrected chi connectivity index (χ2v) is 15.1. The molecule has 0 bridgehead atoms. The van der Waals surface area contributed by atoms with Crippen LogP contribution < -0.4 is 15.8 Å². The molecule has 2 aliphatic carbocycles. The van der Waals surface area contributed by atoms with E-state index in [2.05, 4.69) is 25.2 Å². The lowest BCUT2D eigenvalue weighted by Gasteiger charge is -2.29. The number of benzene rings is 2. The fraction of sp³-hybridized carbons (Fsp3) is 0.333. The Balaban J connectivity index is 1.52. The summed E-state index contributed by atoms with van der Waals surface area (Å²) in [7, 11) is -0.743. The Bertz CT molecular complexity index is 2380. The maximum atomic E-state index is 15.9. The fourth-order valence-corrected chi connectivity index (χ4v) is 8.15. The summed E-state index contributed by atoms with van der Waals surface area (Å²) in [6.07, 6.45) is -1.48. The first-order valence-corrected chi connectivity index (χ1v) is 18.0. The standard InChI is InChI=1S/C33H29ClF6N8O3S/c1-42-16-10-18(17-4-5-22(34)24-27(17)47(2)45-32(24)46-52(3,50)51)25(43-12-16)20(8-13-6-14(35)9-15(36)7-13)28(31(41)49)48-29-23(26(44-48)30(37)38)19-11-21(19)33(29,39)40/h4-7,9-10,12,19-21,28,30,42H,8,11H2,1-3H3,(H2,41,49)(H,45,46)/t19-,20+,21+,28?/m0/s1. The van der Waals surface area contributed by atoms with Gasteiger partial charge >= 0.3 is 0 Å². The first-order chi connectivity index (χ1) is 24.4. The number of pyridine rings is 1. The van der Waals surface area contributed by atoms with Crippen molar-refractivity contribution in [3.05, 3.63) is 87.5 Å². The van der Waals surface area contributed by atoms with Crippen molar-refractivity contribution in [2.45, 2.75) is 43.1 Å². The van der Waals surface area contributed by atoms with Crippen molar-refractivity contribution >= 4 is 49.9 Å². The minimum atomic E-state index is -3.84. The van der Waals surface area contributed by atoms with Crippen LogP contribution in [-0.2, 0) is 34.2 Å². The third-order valence-corrected chi connectivity index (χ3v) is 10.4. The maximum absolute atomic E-state index is 15.9. The van der Waals surface area contributed by atoms with E-state index in [4.69, 9.17) is 17.3 Å². The number of rotatable bonds is 11. The van der Waals surface area contributed by atoms with Crippen molar-refractivity contribution in [1.82, 2.24) is 24.5 Å². The third-order valence-electron chi connectivity index (χ3n) is 9.51. The SMILES string of the molecule is CNc1cnc([C@@H](Cc2cc(F)cc(F)c2)C(C(N)=O)n2nc(C(F)F)c3c2C(F)(F)[C@@H]2C[C@H]32)c(-c2ccc(Cl)c3c(NS(C)(=O)=O)nn(C)c23)c1. The number of aryl methyl sites for hydroxylation is 1. The second-order valence-electron chi connectivity index (χ2n) is 13.0. The predicted molar refractivity (Wildman–Crippen MR) is 180 cm³/mol. The van der Waals surface area contributed by atoms with Gasteiger partial charge in [0.05, 0.1) is 39.8 Å². The number of carbonyl (C=O) groups excluding carboxylic acids is 1. The van der Waals surface area contributed by atoms with Gasteiger partial charge in [0.15, 0.2) is 5.82 Å². The molecule has 4 atom stereocenters. The Labute approximate surface area is 297 Å². The molecule has 3 aromatic heterocycles. The highest BCUT2D eigenvalue weighted by molar-refractivity contribution is 7.92. The Hall–Kier alpha value is -4.84. The molecule has 1 fully saturated rings. The molecule has 2 aliphatic rings. The van der Waals surface area contributed by atoms with Gasteiger partial charge in [0.25, 0.3) is 12.3 Å². The van der Waals surface area contributed by atoms with Crippen LogP contribution in [0.2, 0.25) is 5.02 Å². The van der Waals surface area contributed by atoms with Crippen LogP contribution in [0, 0.1) is 17.6 Å². The molecule has 274 valence electrons. The molecule has 1 amide bonds. The van der Waals surface area contributed by atoms with Crippen LogP contribution in [-0.4, -0.2) is 52.2 Å². The number of anilines is 2. The lowest BCUT2D eigenvalue weighted by atomic mass is 9.84. The molecule has 19 heteroatoms. The van der Waals surface area contributed by atoms with E-state index in [1.54, 1.807) is 19.2 Å². The van der Waals surface area contributed by atoms with E-state index in [0.717, 1.165) is 18.4 Å². The number of sulfonamides is 1. The quantitative estimate of drug-likeness (QED) is 0.132. The average Bonchev–Trinajstić information content (AvgIpc) is 3.58. The van der Waals surface area contributed by atoms with Crippen molar-refractivity contribution in [1.29, 1.82) is 0 Å². The van der Waals surface area contributed by atoms with Gasteiger partial charge in [-0.3, -0.25) is 19.2 Å². The van der Waals surface area contributed by atoms with Crippen LogP contribution >= 0.6 is 11.6 Å². The van der Waals surface area contributed by atoms with E-state index >= 15 is 8.78 Å². The minimum absolute atomic E-state index is 0.0239. The van der Waals surface area contributed by atoms with Gasteiger partial charge in [-0.2, -0.15) is 19.0 Å². The molecule has 1 saturated carbocycles. The highest BCUT2D eigenvalue weighted by Crippen LogP contribution is 2.68. The summed E-state index contributed by atoms with van der Waals surface area (Å²) < 4.78 is 118. The monoisotopic (exact) mass is 766 g/mol. The Morgan fingerprint density at radius 1 is 1.10 bits per heavy atom. The zero-order valence-corrected chi connectivity index (χ0v) is 29.0. The zero-order valence-electron chi connectivity index (χ0n) is 27.4. The number of hydrogen-bond acceptors (Lipinski definition) is 7. The van der Waals surface area contributed by atoms with Crippen LogP contribution in [0.3, 0.4) is 0 Å². The smallest absolute Gasteiger partial charge is 0.293 e. The molecule has 52 heavy (non-hydrogen) atoms. The molecule has 11 nitrogen and oxygen atoms in total. The zero-order chi connectivity index (χ0) is 37.6. The van der Waals surface area contributed by atoms with E-state index < -0.39 is 81.5 Å². The number of fused-ring (bicyclic) bond motifs is 4. The Morgan fingerprint density at radius 3 is 2.40 bits per heavy atom. The van der Waals surface area contributed by atoms with Gasteiger partial charge in [-0.1, -0.05) is 17.7 Å². The summed E-state index contributed by atoms with van der Waals surface area (Å²) in [4.78, 5) is 18.2. The van der Waals surface area contributed by atoms with Crippen LogP contribution in [0.25, 0.3) is 22.0 Å². The summed E-state index contributed by atoms with van der Waals surface area (Å²) in [5, 5.41) is 11.4. The third kappa shape index (κ3) is 5.90. The summed E-state index contributed by atoms with van der Waals surface area (Å²) in [6, 6.07) is 5.23. The topological polar surface area (TPSA) is 150 Å². The van der Waals surface area contributed by atoms with Crippen molar-refractivity contribution in [3.63, 3.8) is 0 Å². The number of carbonyl (C=O) groups is 1. The highest BCUT2D eigenvalue weighted by Gasteiger charge is 2.67. The van der Waals surface area contributed by atoms with E-state index in [9.17, 15) is 30.8 Å². The molecular formula is C33H29ClF6N8O3S. The number of nitrogens with one attached hydrogen (secondary N) is 2. The van der Waals surface area contributed by atoms with Crippen molar-refractivity contribution in [3.8, 4) is 11.1 Å². The fourth-order valence-electron chi connectivity index (χ4n) is 7.41. The Kier molecular flexibility index (Phi) is 8.47. The average molecular weight is 767 g/mol. The van der Waals surface area contributed by atoms with Crippen molar-refractivity contribution in [2.75, 3.05) is 23.3 Å². The van der Waals surface area contributed by atoms with E-state index in [1.807, 2.05) is 0 Å². The number of primary amides is 1. The van der Waals surface area contributed by atoms with Gasteiger partial charge in [0.2, 0.25) is 15.9 Å². The molecule has 0 saturated heterocycles. The molecule has 3 heterocycles. The van der Waals surface area contributed by atoms with Crippen molar-refractivity contribution in [2.24, 2.45) is 18.7 Å².